The highest BCUT2D eigenvalue weighted by atomic mass is 16.6. The molecule has 0 amide bonds. The highest BCUT2D eigenvalue weighted by molar-refractivity contribution is 5.61. The van der Waals surface area contributed by atoms with Crippen molar-refractivity contribution >= 4 is 11.5 Å². The average molecular weight is 275 g/mol. The van der Waals surface area contributed by atoms with Gasteiger partial charge in [0, 0.05) is 0 Å². The first-order valence-electron chi connectivity index (χ1n) is 5.88. The molecule has 20 heavy (non-hydrogen) atoms. The molecule has 0 spiro atoms. The van der Waals surface area contributed by atoms with E-state index in [4.69, 9.17) is 10.6 Å². The fourth-order valence-corrected chi connectivity index (χ4v) is 1.65. The third-order valence-corrected chi connectivity index (χ3v) is 2.63. The van der Waals surface area contributed by atoms with E-state index >= 15 is 0 Å². The summed E-state index contributed by atoms with van der Waals surface area (Å²) in [5.41, 5.74) is 2.80. The third-order valence-electron chi connectivity index (χ3n) is 2.63. The molecule has 0 aliphatic rings. The van der Waals surface area contributed by atoms with Crippen LogP contribution < -0.4 is 16.0 Å². The number of hydrogen-bond donors (Lipinski definition) is 2. The van der Waals surface area contributed by atoms with E-state index in [2.05, 4.69) is 15.4 Å². The van der Waals surface area contributed by atoms with E-state index in [0.29, 0.717) is 5.75 Å². The average Bonchev–Trinajstić information content (AvgIpc) is 2.46. The molecule has 0 saturated carbocycles. The Bertz CT molecular complexity index is 632. The van der Waals surface area contributed by atoms with Gasteiger partial charge < -0.3 is 10.2 Å². The van der Waals surface area contributed by atoms with Crippen LogP contribution in [-0.2, 0) is 6.42 Å². The summed E-state index contributed by atoms with van der Waals surface area (Å²) in [6, 6.07) is 7.24. The fraction of sp³-hybridized carbons (Fsp3) is 0.167. The minimum atomic E-state index is -0.645. The molecule has 0 bridgehead atoms. The van der Waals surface area contributed by atoms with Crippen LogP contribution in [0.5, 0.6) is 11.6 Å². The normalized spacial score (nSPS) is 10.1. The lowest BCUT2D eigenvalue weighted by atomic mass is 10.2. The Morgan fingerprint density at radius 2 is 2.25 bits per heavy atom. The summed E-state index contributed by atoms with van der Waals surface area (Å²) in [6.07, 6.45) is 1.97. The van der Waals surface area contributed by atoms with E-state index in [1.807, 2.05) is 19.1 Å². The minimum Gasteiger partial charge on any atom is -0.434 e. The van der Waals surface area contributed by atoms with Crippen LogP contribution in [0.15, 0.2) is 30.6 Å². The Morgan fingerprint density at radius 3 is 2.90 bits per heavy atom. The predicted octanol–water partition coefficient (Wildman–Crippen LogP) is 2.03. The molecule has 0 aliphatic heterocycles. The SMILES string of the molecule is CCc1cccc(Oc2ncnc(NN)c2[N+](=O)[O-])c1. The number of aryl methyl sites for hydroxylation is 1. The molecule has 0 fully saturated rings. The number of nitrogens with zero attached hydrogens (tertiary/aromatic N) is 3. The second kappa shape index (κ2) is 5.93. The first-order chi connectivity index (χ1) is 9.65. The van der Waals surface area contributed by atoms with Gasteiger partial charge in [0.05, 0.1) is 4.92 Å². The molecule has 0 aliphatic carbocycles. The lowest BCUT2D eigenvalue weighted by Crippen LogP contribution is -2.12. The molecule has 0 unspecified atom stereocenters. The van der Waals surface area contributed by atoms with Crippen LogP contribution in [0, 0.1) is 10.1 Å². The van der Waals surface area contributed by atoms with E-state index in [1.165, 1.54) is 0 Å². The van der Waals surface area contributed by atoms with Crippen molar-refractivity contribution in [2.75, 3.05) is 5.43 Å². The topological polar surface area (TPSA) is 116 Å². The molecule has 104 valence electrons. The van der Waals surface area contributed by atoms with Gasteiger partial charge in [0.15, 0.2) is 0 Å². The lowest BCUT2D eigenvalue weighted by molar-refractivity contribution is -0.385. The van der Waals surface area contributed by atoms with E-state index < -0.39 is 10.6 Å². The number of rotatable bonds is 5. The lowest BCUT2D eigenvalue weighted by Gasteiger charge is -2.08. The van der Waals surface area contributed by atoms with Crippen LogP contribution in [-0.4, -0.2) is 14.9 Å². The highest BCUT2D eigenvalue weighted by Crippen LogP contribution is 2.33. The first-order valence-corrected chi connectivity index (χ1v) is 5.88. The van der Waals surface area contributed by atoms with Crippen molar-refractivity contribution in [2.24, 2.45) is 5.84 Å². The standard InChI is InChI=1S/C12H13N5O3/c1-2-8-4-3-5-9(6-8)20-12-10(17(18)19)11(16-13)14-7-15-12/h3-7H,2,13H2,1H3,(H,14,15,16). The summed E-state index contributed by atoms with van der Waals surface area (Å²) >= 11 is 0. The molecule has 0 radical (unpaired) electrons. The van der Waals surface area contributed by atoms with Crippen LogP contribution in [0.4, 0.5) is 11.5 Å². The fourth-order valence-electron chi connectivity index (χ4n) is 1.65. The Kier molecular flexibility index (Phi) is 4.06. The van der Waals surface area contributed by atoms with Gasteiger partial charge in [0.2, 0.25) is 5.82 Å². The Hall–Kier alpha value is -2.74. The quantitative estimate of drug-likeness (QED) is 0.487. The molecule has 0 saturated heterocycles. The molecule has 2 rings (SSSR count). The van der Waals surface area contributed by atoms with Gasteiger partial charge in [-0.3, -0.25) is 10.1 Å². The van der Waals surface area contributed by atoms with Gasteiger partial charge in [0.1, 0.15) is 12.1 Å². The maximum atomic E-state index is 11.1. The van der Waals surface area contributed by atoms with Crippen molar-refractivity contribution in [1.29, 1.82) is 0 Å². The van der Waals surface area contributed by atoms with Gasteiger partial charge in [-0.15, -0.1) is 0 Å². The van der Waals surface area contributed by atoms with Gasteiger partial charge in [0.25, 0.3) is 0 Å². The van der Waals surface area contributed by atoms with Crippen LogP contribution in [0.25, 0.3) is 0 Å². The summed E-state index contributed by atoms with van der Waals surface area (Å²) in [5.74, 6) is 5.40. The van der Waals surface area contributed by atoms with Gasteiger partial charge >= 0.3 is 11.6 Å². The van der Waals surface area contributed by atoms with Crippen molar-refractivity contribution in [1.82, 2.24) is 9.97 Å². The van der Waals surface area contributed by atoms with Crippen molar-refractivity contribution < 1.29 is 9.66 Å². The number of ether oxygens (including phenoxy) is 1. The van der Waals surface area contributed by atoms with Crippen LogP contribution in [0.3, 0.4) is 0 Å². The highest BCUT2D eigenvalue weighted by Gasteiger charge is 2.24. The van der Waals surface area contributed by atoms with Crippen LogP contribution >= 0.6 is 0 Å². The van der Waals surface area contributed by atoms with Crippen LogP contribution in [0.1, 0.15) is 12.5 Å². The number of benzene rings is 1. The molecule has 1 aromatic carbocycles. The van der Waals surface area contributed by atoms with E-state index in [-0.39, 0.29) is 11.7 Å². The van der Waals surface area contributed by atoms with Crippen molar-refractivity contribution in [2.45, 2.75) is 13.3 Å². The molecular formula is C12H13N5O3. The number of hydrazine groups is 1. The molecule has 2 aromatic rings. The maximum Gasteiger partial charge on any atom is 0.374 e. The summed E-state index contributed by atoms with van der Waals surface area (Å²) in [7, 11) is 0. The molecule has 8 heteroatoms. The Balaban J connectivity index is 2.40. The molecule has 3 N–H and O–H groups in total. The van der Waals surface area contributed by atoms with Crippen molar-refractivity contribution in [3.8, 4) is 11.6 Å². The Morgan fingerprint density at radius 1 is 1.45 bits per heavy atom. The second-order valence-corrected chi connectivity index (χ2v) is 3.88. The maximum absolute atomic E-state index is 11.1. The smallest absolute Gasteiger partial charge is 0.374 e. The Labute approximate surface area is 114 Å². The molecule has 8 nitrogen and oxygen atoms in total. The number of aromatic nitrogens is 2. The number of nitrogens with two attached hydrogens (primary N) is 1. The largest absolute Gasteiger partial charge is 0.434 e. The number of hydrogen-bond acceptors (Lipinski definition) is 7. The van der Waals surface area contributed by atoms with Crippen molar-refractivity contribution in [3.05, 3.63) is 46.3 Å². The molecular weight excluding hydrogens is 262 g/mol. The van der Waals surface area contributed by atoms with Gasteiger partial charge in [-0.25, -0.2) is 10.8 Å². The van der Waals surface area contributed by atoms with E-state index in [0.717, 1.165) is 18.3 Å². The number of nitrogens with one attached hydrogen (secondary N) is 1. The molecule has 0 atom stereocenters. The number of nitro groups is 1. The third kappa shape index (κ3) is 2.81. The van der Waals surface area contributed by atoms with E-state index in [9.17, 15) is 10.1 Å². The van der Waals surface area contributed by atoms with Crippen molar-refractivity contribution in [3.63, 3.8) is 0 Å². The van der Waals surface area contributed by atoms with E-state index in [1.54, 1.807) is 12.1 Å². The monoisotopic (exact) mass is 275 g/mol. The molecule has 1 aromatic heterocycles. The molecule has 1 heterocycles. The minimum absolute atomic E-state index is 0.105. The summed E-state index contributed by atoms with van der Waals surface area (Å²) in [5, 5.41) is 11.1. The first kappa shape index (κ1) is 13.7. The zero-order chi connectivity index (χ0) is 14.5. The summed E-state index contributed by atoms with van der Waals surface area (Å²) in [4.78, 5) is 17.9. The second-order valence-electron chi connectivity index (χ2n) is 3.88. The predicted molar refractivity (Wildman–Crippen MR) is 72.4 cm³/mol. The zero-order valence-electron chi connectivity index (χ0n) is 10.7. The summed E-state index contributed by atoms with van der Waals surface area (Å²) in [6.45, 7) is 2.00. The summed E-state index contributed by atoms with van der Waals surface area (Å²) < 4.78 is 5.47. The zero-order valence-corrected chi connectivity index (χ0v) is 10.7. The van der Waals surface area contributed by atoms with Gasteiger partial charge in [-0.05, 0) is 24.1 Å². The van der Waals surface area contributed by atoms with Gasteiger partial charge in [-0.2, -0.15) is 4.98 Å². The van der Waals surface area contributed by atoms with Crippen LogP contribution in [0.2, 0.25) is 0 Å². The number of anilines is 1. The number of nitrogen functional groups attached to an aromatic ring is 1. The van der Waals surface area contributed by atoms with Gasteiger partial charge in [-0.1, -0.05) is 19.1 Å².